The standard InChI is InChI=1S/C25H28N4O5/c1-25(18-8-10-20(34-2)11-9-18)23(32)29(24(33)27-25)16-21(30)28-14-12-19(13-15-28)26-22(31)17-6-4-3-5-7-17/h3-11,19H,12-16H2,1-2H3,(H,26,31)(H,27,33). The summed E-state index contributed by atoms with van der Waals surface area (Å²) in [5, 5.41) is 5.72. The predicted molar refractivity (Wildman–Crippen MR) is 124 cm³/mol. The summed E-state index contributed by atoms with van der Waals surface area (Å²) in [4.78, 5) is 53.5. The van der Waals surface area contributed by atoms with E-state index in [2.05, 4.69) is 10.6 Å². The number of methoxy groups -OCH3 is 1. The van der Waals surface area contributed by atoms with Crippen LogP contribution in [0.3, 0.4) is 0 Å². The van der Waals surface area contributed by atoms with Gasteiger partial charge in [0.05, 0.1) is 7.11 Å². The molecule has 178 valence electrons. The summed E-state index contributed by atoms with van der Waals surface area (Å²) in [6.07, 6.45) is 1.21. The zero-order valence-corrected chi connectivity index (χ0v) is 19.2. The smallest absolute Gasteiger partial charge is 0.325 e. The lowest BCUT2D eigenvalue weighted by Crippen LogP contribution is -2.50. The van der Waals surface area contributed by atoms with Crippen LogP contribution in [-0.2, 0) is 15.1 Å². The molecule has 2 aromatic carbocycles. The van der Waals surface area contributed by atoms with Gasteiger partial charge in [0.25, 0.3) is 11.8 Å². The quantitative estimate of drug-likeness (QED) is 0.635. The Balaban J connectivity index is 1.32. The molecule has 1 atom stereocenters. The van der Waals surface area contributed by atoms with Crippen LogP contribution in [0.15, 0.2) is 54.6 Å². The van der Waals surface area contributed by atoms with Crippen LogP contribution >= 0.6 is 0 Å². The minimum Gasteiger partial charge on any atom is -0.497 e. The lowest BCUT2D eigenvalue weighted by molar-refractivity contribution is -0.139. The molecular weight excluding hydrogens is 436 g/mol. The molecule has 0 saturated carbocycles. The molecular formula is C25H28N4O5. The molecule has 2 N–H and O–H groups in total. The van der Waals surface area contributed by atoms with E-state index in [4.69, 9.17) is 4.74 Å². The molecule has 34 heavy (non-hydrogen) atoms. The molecule has 0 aromatic heterocycles. The number of urea groups is 1. The van der Waals surface area contributed by atoms with Crippen molar-refractivity contribution < 1.29 is 23.9 Å². The highest BCUT2D eigenvalue weighted by atomic mass is 16.5. The molecule has 2 aliphatic rings. The van der Waals surface area contributed by atoms with E-state index in [1.54, 1.807) is 55.3 Å². The van der Waals surface area contributed by atoms with Crippen LogP contribution in [0.25, 0.3) is 0 Å². The van der Waals surface area contributed by atoms with Gasteiger partial charge in [0, 0.05) is 24.7 Å². The molecule has 0 radical (unpaired) electrons. The second kappa shape index (κ2) is 9.54. The topological polar surface area (TPSA) is 108 Å². The van der Waals surface area contributed by atoms with Crippen LogP contribution in [0, 0.1) is 0 Å². The highest BCUT2D eigenvalue weighted by Gasteiger charge is 2.49. The number of hydrogen-bond acceptors (Lipinski definition) is 5. The summed E-state index contributed by atoms with van der Waals surface area (Å²) >= 11 is 0. The van der Waals surface area contributed by atoms with Gasteiger partial charge in [-0.3, -0.25) is 19.3 Å². The van der Waals surface area contributed by atoms with Crippen LogP contribution in [0.1, 0.15) is 35.7 Å². The highest BCUT2D eigenvalue weighted by Crippen LogP contribution is 2.30. The number of hydrogen-bond donors (Lipinski definition) is 2. The summed E-state index contributed by atoms with van der Waals surface area (Å²) in [5.74, 6) is -0.265. The molecule has 4 rings (SSSR count). The molecule has 9 heteroatoms. The van der Waals surface area contributed by atoms with Gasteiger partial charge in [0.2, 0.25) is 5.91 Å². The summed E-state index contributed by atoms with van der Waals surface area (Å²) in [7, 11) is 1.55. The summed E-state index contributed by atoms with van der Waals surface area (Å²) in [5.41, 5.74) is -0.0470. The van der Waals surface area contributed by atoms with E-state index in [9.17, 15) is 19.2 Å². The predicted octanol–water partition coefficient (Wildman–Crippen LogP) is 1.88. The van der Waals surface area contributed by atoms with Crippen molar-refractivity contribution >= 4 is 23.8 Å². The normalized spacial score (nSPS) is 20.8. The minimum atomic E-state index is -1.25. The minimum absolute atomic E-state index is 0.0353. The SMILES string of the molecule is COc1ccc(C2(C)NC(=O)N(CC(=O)N3CCC(NC(=O)c4ccccc4)CC3)C2=O)cc1. The van der Waals surface area contributed by atoms with Gasteiger partial charge in [-0.25, -0.2) is 4.79 Å². The molecule has 1 unspecified atom stereocenters. The van der Waals surface area contributed by atoms with Crippen LogP contribution in [-0.4, -0.2) is 66.3 Å². The Morgan fingerprint density at radius 1 is 1.06 bits per heavy atom. The van der Waals surface area contributed by atoms with Crippen molar-refractivity contribution in [2.24, 2.45) is 0 Å². The maximum Gasteiger partial charge on any atom is 0.325 e. The van der Waals surface area contributed by atoms with Gasteiger partial charge in [0.15, 0.2) is 0 Å². The third-order valence-electron chi connectivity index (χ3n) is 6.45. The fourth-order valence-electron chi connectivity index (χ4n) is 4.33. The average Bonchev–Trinajstić information content (AvgIpc) is 3.08. The number of imide groups is 1. The Morgan fingerprint density at radius 2 is 1.71 bits per heavy atom. The molecule has 5 amide bonds. The number of ether oxygens (including phenoxy) is 1. The number of rotatable bonds is 6. The molecule has 2 aliphatic heterocycles. The number of nitrogens with zero attached hydrogens (tertiary/aromatic N) is 2. The van der Waals surface area contributed by atoms with Crippen LogP contribution in [0.5, 0.6) is 5.75 Å². The van der Waals surface area contributed by atoms with E-state index >= 15 is 0 Å². The van der Waals surface area contributed by atoms with Crippen molar-refractivity contribution in [1.29, 1.82) is 0 Å². The zero-order chi connectivity index (χ0) is 24.3. The zero-order valence-electron chi connectivity index (χ0n) is 19.2. The Hall–Kier alpha value is -3.88. The van der Waals surface area contributed by atoms with Gasteiger partial charge in [-0.2, -0.15) is 0 Å². The van der Waals surface area contributed by atoms with E-state index in [-0.39, 0.29) is 24.4 Å². The lowest BCUT2D eigenvalue weighted by atomic mass is 9.92. The molecule has 9 nitrogen and oxygen atoms in total. The van der Waals surface area contributed by atoms with Crippen LogP contribution < -0.4 is 15.4 Å². The number of amides is 5. The second-order valence-electron chi connectivity index (χ2n) is 8.67. The molecule has 0 bridgehead atoms. The number of piperidine rings is 1. The van der Waals surface area contributed by atoms with E-state index in [1.807, 2.05) is 18.2 Å². The van der Waals surface area contributed by atoms with Crippen LogP contribution in [0.2, 0.25) is 0 Å². The van der Waals surface area contributed by atoms with Crippen molar-refractivity contribution in [1.82, 2.24) is 20.4 Å². The van der Waals surface area contributed by atoms with Gasteiger partial charge in [-0.05, 0) is 49.6 Å². The number of carbonyl (C=O) groups is 4. The largest absolute Gasteiger partial charge is 0.497 e. The second-order valence-corrected chi connectivity index (χ2v) is 8.67. The third-order valence-corrected chi connectivity index (χ3v) is 6.45. The molecule has 2 saturated heterocycles. The monoisotopic (exact) mass is 464 g/mol. The van der Waals surface area contributed by atoms with Crippen LogP contribution in [0.4, 0.5) is 4.79 Å². The number of carbonyl (C=O) groups excluding carboxylic acids is 4. The molecule has 0 spiro atoms. The summed E-state index contributed by atoms with van der Waals surface area (Å²) < 4.78 is 5.15. The molecule has 2 heterocycles. The molecule has 2 fully saturated rings. The number of benzene rings is 2. The van der Waals surface area contributed by atoms with Gasteiger partial charge >= 0.3 is 6.03 Å². The highest BCUT2D eigenvalue weighted by molar-refractivity contribution is 6.09. The summed E-state index contributed by atoms with van der Waals surface area (Å²) in [6, 6.07) is 15.2. The van der Waals surface area contributed by atoms with E-state index in [1.165, 1.54) is 0 Å². The third kappa shape index (κ3) is 4.59. The van der Waals surface area contributed by atoms with Gasteiger partial charge in [0.1, 0.15) is 17.8 Å². The van der Waals surface area contributed by atoms with Crippen molar-refractivity contribution in [3.05, 3.63) is 65.7 Å². The van der Waals surface area contributed by atoms with E-state index in [0.29, 0.717) is 42.8 Å². The Bertz CT molecular complexity index is 1080. The molecule has 2 aromatic rings. The first-order chi connectivity index (χ1) is 16.3. The fourth-order valence-corrected chi connectivity index (χ4v) is 4.33. The first-order valence-electron chi connectivity index (χ1n) is 11.2. The maximum atomic E-state index is 13.1. The average molecular weight is 465 g/mol. The maximum absolute atomic E-state index is 13.1. The van der Waals surface area contributed by atoms with Crippen molar-refractivity contribution in [3.8, 4) is 5.75 Å². The Kier molecular flexibility index (Phi) is 6.54. The molecule has 0 aliphatic carbocycles. The first kappa shape index (κ1) is 23.3. The summed E-state index contributed by atoms with van der Waals surface area (Å²) in [6.45, 7) is 2.19. The Morgan fingerprint density at radius 3 is 2.32 bits per heavy atom. The fraction of sp³-hybridized carbons (Fsp3) is 0.360. The van der Waals surface area contributed by atoms with E-state index < -0.39 is 17.5 Å². The van der Waals surface area contributed by atoms with Gasteiger partial charge in [-0.1, -0.05) is 30.3 Å². The van der Waals surface area contributed by atoms with Crippen molar-refractivity contribution in [2.45, 2.75) is 31.3 Å². The number of nitrogens with one attached hydrogen (secondary N) is 2. The van der Waals surface area contributed by atoms with Gasteiger partial charge in [-0.15, -0.1) is 0 Å². The Labute approximate surface area is 198 Å². The first-order valence-corrected chi connectivity index (χ1v) is 11.2. The lowest BCUT2D eigenvalue weighted by Gasteiger charge is -2.33. The van der Waals surface area contributed by atoms with E-state index in [0.717, 1.165) is 4.90 Å². The van der Waals surface area contributed by atoms with Gasteiger partial charge < -0.3 is 20.3 Å². The number of likely N-dealkylation sites (tertiary alicyclic amines) is 1. The van der Waals surface area contributed by atoms with Crippen molar-refractivity contribution in [3.63, 3.8) is 0 Å². The van der Waals surface area contributed by atoms with Crippen molar-refractivity contribution in [2.75, 3.05) is 26.7 Å².